The monoisotopic (exact) mass is 351 g/mol. The van der Waals surface area contributed by atoms with Gasteiger partial charge in [0.05, 0.1) is 17.4 Å². The van der Waals surface area contributed by atoms with Gasteiger partial charge in [0.2, 0.25) is 0 Å². The summed E-state index contributed by atoms with van der Waals surface area (Å²) in [5, 5.41) is 14.5. The third kappa shape index (κ3) is 2.83. The first-order valence-corrected chi connectivity index (χ1v) is 8.44. The van der Waals surface area contributed by atoms with Crippen LogP contribution in [0.3, 0.4) is 0 Å². The van der Waals surface area contributed by atoms with Gasteiger partial charge in [0.1, 0.15) is 5.82 Å². The minimum Gasteiger partial charge on any atom is -0.465 e. The van der Waals surface area contributed by atoms with Crippen LogP contribution in [0.15, 0.2) is 48.7 Å². The van der Waals surface area contributed by atoms with E-state index in [0.717, 1.165) is 33.3 Å². The predicted octanol–water partition coefficient (Wildman–Crippen LogP) is 4.24. The molecule has 0 aliphatic carbocycles. The zero-order chi connectivity index (χ0) is 18.3. The molecule has 0 saturated heterocycles. The van der Waals surface area contributed by atoms with Crippen LogP contribution < -0.4 is 0 Å². The van der Waals surface area contributed by atoms with Gasteiger partial charge in [0, 0.05) is 18.5 Å². The summed E-state index contributed by atoms with van der Waals surface area (Å²) in [5.41, 5.74) is 5.16. The maximum absolute atomic E-state index is 13.2. The molecule has 1 aliphatic rings. The Kier molecular flexibility index (Phi) is 3.95. The van der Waals surface area contributed by atoms with E-state index in [1.54, 1.807) is 23.0 Å². The molecule has 2 aromatic carbocycles. The SMILES string of the molecule is Cc1cc2c(cnn2-c2ccc(F)cc2)cc1C1=CCN(C(=O)O)CC1. The van der Waals surface area contributed by atoms with Crippen molar-refractivity contribution in [3.8, 4) is 5.69 Å². The zero-order valence-electron chi connectivity index (χ0n) is 14.3. The van der Waals surface area contributed by atoms with Crippen LogP contribution in [0, 0.1) is 12.7 Å². The third-order valence-corrected chi connectivity index (χ3v) is 4.81. The second kappa shape index (κ2) is 6.29. The van der Waals surface area contributed by atoms with Crippen molar-refractivity contribution in [2.24, 2.45) is 0 Å². The maximum atomic E-state index is 13.2. The normalized spacial score (nSPS) is 14.5. The molecule has 6 heteroatoms. The molecule has 1 aromatic heterocycles. The number of nitrogens with zero attached hydrogens (tertiary/aromatic N) is 3. The van der Waals surface area contributed by atoms with E-state index in [1.807, 2.05) is 13.0 Å². The van der Waals surface area contributed by atoms with Gasteiger partial charge in [-0.1, -0.05) is 6.08 Å². The Labute approximate surface area is 150 Å². The molecule has 5 nitrogen and oxygen atoms in total. The number of fused-ring (bicyclic) bond motifs is 1. The largest absolute Gasteiger partial charge is 0.465 e. The Morgan fingerprint density at radius 2 is 2.00 bits per heavy atom. The molecule has 0 unspecified atom stereocenters. The van der Waals surface area contributed by atoms with Gasteiger partial charge in [-0.05, 0) is 66.4 Å². The van der Waals surface area contributed by atoms with E-state index in [9.17, 15) is 9.18 Å². The summed E-state index contributed by atoms with van der Waals surface area (Å²) in [6.45, 7) is 2.96. The summed E-state index contributed by atoms with van der Waals surface area (Å²) < 4.78 is 15.0. The van der Waals surface area contributed by atoms with E-state index in [-0.39, 0.29) is 5.82 Å². The summed E-state index contributed by atoms with van der Waals surface area (Å²) in [5.74, 6) is -0.275. The van der Waals surface area contributed by atoms with E-state index >= 15 is 0 Å². The Morgan fingerprint density at radius 1 is 1.23 bits per heavy atom. The van der Waals surface area contributed by atoms with Crippen molar-refractivity contribution >= 4 is 22.6 Å². The van der Waals surface area contributed by atoms with E-state index in [0.29, 0.717) is 19.5 Å². The quantitative estimate of drug-likeness (QED) is 0.751. The Bertz CT molecular complexity index is 1020. The number of rotatable bonds is 2. The highest BCUT2D eigenvalue weighted by Gasteiger charge is 2.18. The molecule has 0 bridgehead atoms. The summed E-state index contributed by atoms with van der Waals surface area (Å²) in [6, 6.07) is 10.4. The summed E-state index contributed by atoms with van der Waals surface area (Å²) in [4.78, 5) is 12.5. The fourth-order valence-corrected chi connectivity index (χ4v) is 3.40. The number of benzene rings is 2. The van der Waals surface area contributed by atoms with E-state index < -0.39 is 6.09 Å². The number of halogens is 1. The van der Waals surface area contributed by atoms with Crippen molar-refractivity contribution in [2.75, 3.05) is 13.1 Å². The lowest BCUT2D eigenvalue weighted by Crippen LogP contribution is -2.33. The minimum atomic E-state index is -0.881. The van der Waals surface area contributed by atoms with Crippen LogP contribution in [0.1, 0.15) is 17.5 Å². The van der Waals surface area contributed by atoms with Crippen molar-refractivity contribution < 1.29 is 14.3 Å². The van der Waals surface area contributed by atoms with Gasteiger partial charge in [-0.15, -0.1) is 0 Å². The molecule has 0 radical (unpaired) electrons. The molecule has 0 spiro atoms. The van der Waals surface area contributed by atoms with Crippen molar-refractivity contribution in [1.29, 1.82) is 0 Å². The fraction of sp³-hybridized carbons (Fsp3) is 0.200. The molecule has 0 atom stereocenters. The molecule has 3 aromatic rings. The van der Waals surface area contributed by atoms with Gasteiger partial charge in [0.25, 0.3) is 0 Å². The molecule has 0 saturated carbocycles. The number of aryl methyl sites for hydroxylation is 1. The molecule has 2 heterocycles. The lowest BCUT2D eigenvalue weighted by molar-refractivity contribution is 0.150. The molecule has 0 fully saturated rings. The number of aromatic nitrogens is 2. The summed E-state index contributed by atoms with van der Waals surface area (Å²) >= 11 is 0. The van der Waals surface area contributed by atoms with Crippen LogP contribution in [0.4, 0.5) is 9.18 Å². The van der Waals surface area contributed by atoms with E-state index in [1.165, 1.54) is 17.0 Å². The van der Waals surface area contributed by atoms with Gasteiger partial charge >= 0.3 is 6.09 Å². The predicted molar refractivity (Wildman–Crippen MR) is 98.0 cm³/mol. The lowest BCUT2D eigenvalue weighted by atomic mass is 9.94. The highest BCUT2D eigenvalue weighted by atomic mass is 19.1. The van der Waals surface area contributed by atoms with Crippen molar-refractivity contribution in [3.63, 3.8) is 0 Å². The Balaban J connectivity index is 1.72. The van der Waals surface area contributed by atoms with Crippen LogP contribution >= 0.6 is 0 Å². The van der Waals surface area contributed by atoms with Gasteiger partial charge in [-0.25, -0.2) is 13.9 Å². The average Bonchev–Trinajstić information content (AvgIpc) is 3.04. The number of carboxylic acid groups (broad SMARTS) is 1. The van der Waals surface area contributed by atoms with Gasteiger partial charge < -0.3 is 10.0 Å². The van der Waals surface area contributed by atoms with Crippen molar-refractivity contribution in [2.45, 2.75) is 13.3 Å². The number of amides is 1. The Hall–Kier alpha value is -3.15. The molecule has 132 valence electrons. The molecule has 1 aliphatic heterocycles. The summed E-state index contributed by atoms with van der Waals surface area (Å²) in [6.07, 6.45) is 3.60. The lowest BCUT2D eigenvalue weighted by Gasteiger charge is -2.24. The minimum absolute atomic E-state index is 0.275. The molecular weight excluding hydrogens is 333 g/mol. The van der Waals surface area contributed by atoms with Crippen LogP contribution in [-0.2, 0) is 0 Å². The maximum Gasteiger partial charge on any atom is 0.407 e. The highest BCUT2D eigenvalue weighted by molar-refractivity contribution is 5.86. The Morgan fingerprint density at radius 3 is 2.65 bits per heavy atom. The van der Waals surface area contributed by atoms with Gasteiger partial charge in [-0.3, -0.25) is 0 Å². The van der Waals surface area contributed by atoms with Crippen molar-refractivity contribution in [1.82, 2.24) is 14.7 Å². The zero-order valence-corrected chi connectivity index (χ0v) is 14.3. The van der Waals surface area contributed by atoms with Crippen LogP contribution in [0.5, 0.6) is 0 Å². The number of hydrogen-bond donors (Lipinski definition) is 1. The average molecular weight is 351 g/mol. The van der Waals surface area contributed by atoms with Crippen LogP contribution in [-0.4, -0.2) is 39.0 Å². The second-order valence-corrected chi connectivity index (χ2v) is 6.47. The number of hydrogen-bond acceptors (Lipinski definition) is 2. The van der Waals surface area contributed by atoms with E-state index in [2.05, 4.69) is 17.2 Å². The third-order valence-electron chi connectivity index (χ3n) is 4.81. The summed E-state index contributed by atoms with van der Waals surface area (Å²) in [7, 11) is 0. The molecule has 4 rings (SSSR count). The molecule has 26 heavy (non-hydrogen) atoms. The topological polar surface area (TPSA) is 58.4 Å². The standard InChI is InChI=1S/C20H18FN3O2/c1-13-10-19-15(12-22-24(19)17-4-2-16(21)3-5-17)11-18(13)14-6-8-23(9-7-14)20(25)26/h2-6,10-12H,7-9H2,1H3,(H,25,26). The second-order valence-electron chi connectivity index (χ2n) is 6.47. The molecule has 1 N–H and O–H groups in total. The highest BCUT2D eigenvalue weighted by Crippen LogP contribution is 2.30. The molecular formula is C20H18FN3O2. The number of carbonyl (C=O) groups is 1. The first kappa shape index (κ1) is 16.3. The van der Waals surface area contributed by atoms with Crippen LogP contribution in [0.2, 0.25) is 0 Å². The fourth-order valence-electron chi connectivity index (χ4n) is 3.40. The smallest absolute Gasteiger partial charge is 0.407 e. The van der Waals surface area contributed by atoms with E-state index in [4.69, 9.17) is 5.11 Å². The first-order valence-electron chi connectivity index (χ1n) is 8.44. The van der Waals surface area contributed by atoms with Crippen LogP contribution in [0.25, 0.3) is 22.2 Å². The van der Waals surface area contributed by atoms with Gasteiger partial charge in [-0.2, -0.15) is 5.10 Å². The first-order chi connectivity index (χ1) is 12.5. The van der Waals surface area contributed by atoms with Crippen molar-refractivity contribution in [3.05, 3.63) is 65.6 Å². The molecule has 1 amide bonds. The van der Waals surface area contributed by atoms with Gasteiger partial charge in [0.15, 0.2) is 0 Å².